The molecule has 0 spiro atoms. The number of rotatable bonds is 4. The van der Waals surface area contributed by atoms with Crippen LogP contribution in [0.1, 0.15) is 28.9 Å². The number of aromatic amines is 1. The molecule has 2 aromatic rings. The summed E-state index contributed by atoms with van der Waals surface area (Å²) in [5.74, 6) is 0.0109. The van der Waals surface area contributed by atoms with Gasteiger partial charge in [-0.1, -0.05) is 12.1 Å². The third-order valence-electron chi connectivity index (χ3n) is 3.31. The highest BCUT2D eigenvalue weighted by atomic mass is 16.2. The molecular formula is C14H16N4O. The zero-order valence-electron chi connectivity index (χ0n) is 10.5. The number of benzene rings is 1. The van der Waals surface area contributed by atoms with Gasteiger partial charge in [0.2, 0.25) is 0 Å². The van der Waals surface area contributed by atoms with Crippen molar-refractivity contribution in [3.05, 3.63) is 47.8 Å². The van der Waals surface area contributed by atoms with Crippen LogP contribution in [0.2, 0.25) is 0 Å². The van der Waals surface area contributed by atoms with Gasteiger partial charge in [-0.25, -0.2) is 0 Å². The Morgan fingerprint density at radius 1 is 1.32 bits per heavy atom. The molecule has 0 atom stereocenters. The molecule has 0 saturated heterocycles. The molecule has 1 aromatic heterocycles. The summed E-state index contributed by atoms with van der Waals surface area (Å²) in [7, 11) is 0. The van der Waals surface area contributed by atoms with Crippen LogP contribution < -0.4 is 5.73 Å². The number of nitrogens with one attached hydrogen (secondary N) is 1. The number of nitrogens with zero attached hydrogens (tertiary/aromatic N) is 2. The van der Waals surface area contributed by atoms with Gasteiger partial charge in [0, 0.05) is 24.5 Å². The predicted molar refractivity (Wildman–Crippen MR) is 72.3 cm³/mol. The predicted octanol–water partition coefficient (Wildman–Crippen LogP) is 1.80. The third kappa shape index (κ3) is 2.59. The maximum atomic E-state index is 12.4. The topological polar surface area (TPSA) is 75.0 Å². The van der Waals surface area contributed by atoms with Crippen molar-refractivity contribution in [3.63, 3.8) is 0 Å². The van der Waals surface area contributed by atoms with Gasteiger partial charge in [-0.05, 0) is 36.6 Å². The van der Waals surface area contributed by atoms with Crippen molar-refractivity contribution in [2.75, 3.05) is 5.73 Å². The minimum atomic E-state index is 0.0109. The van der Waals surface area contributed by atoms with Crippen LogP contribution in [0.15, 0.2) is 36.5 Å². The van der Waals surface area contributed by atoms with E-state index in [2.05, 4.69) is 10.2 Å². The second-order valence-corrected chi connectivity index (χ2v) is 4.88. The molecule has 1 fully saturated rings. The molecule has 0 aliphatic heterocycles. The van der Waals surface area contributed by atoms with Crippen molar-refractivity contribution >= 4 is 11.6 Å². The smallest absolute Gasteiger partial charge is 0.272 e. The molecular weight excluding hydrogens is 240 g/mol. The van der Waals surface area contributed by atoms with Gasteiger partial charge in [0.05, 0.1) is 0 Å². The average Bonchev–Trinajstić information content (AvgIpc) is 3.11. The Bertz CT molecular complexity index is 558. The maximum Gasteiger partial charge on any atom is 0.272 e. The monoisotopic (exact) mass is 256 g/mol. The van der Waals surface area contributed by atoms with Crippen molar-refractivity contribution in [3.8, 4) is 0 Å². The molecule has 19 heavy (non-hydrogen) atoms. The van der Waals surface area contributed by atoms with Crippen LogP contribution >= 0.6 is 0 Å². The lowest BCUT2D eigenvalue weighted by Crippen LogP contribution is -2.32. The number of carbonyl (C=O) groups excluding carboxylic acids is 1. The summed E-state index contributed by atoms with van der Waals surface area (Å²) >= 11 is 0. The fourth-order valence-electron chi connectivity index (χ4n) is 2.10. The van der Waals surface area contributed by atoms with Crippen LogP contribution in [0, 0.1) is 0 Å². The van der Waals surface area contributed by atoms with E-state index in [0.717, 1.165) is 24.1 Å². The Morgan fingerprint density at radius 2 is 2.05 bits per heavy atom. The lowest BCUT2D eigenvalue weighted by Gasteiger charge is -2.21. The molecule has 3 N–H and O–H groups in total. The summed E-state index contributed by atoms with van der Waals surface area (Å²) in [5, 5.41) is 6.57. The van der Waals surface area contributed by atoms with E-state index in [1.54, 1.807) is 12.3 Å². The van der Waals surface area contributed by atoms with Gasteiger partial charge in [-0.2, -0.15) is 5.10 Å². The lowest BCUT2D eigenvalue weighted by atomic mass is 10.2. The normalized spacial score (nSPS) is 14.3. The first kappa shape index (κ1) is 11.8. The minimum Gasteiger partial charge on any atom is -0.399 e. The zero-order chi connectivity index (χ0) is 13.2. The first-order valence-corrected chi connectivity index (χ1v) is 6.39. The fourth-order valence-corrected chi connectivity index (χ4v) is 2.10. The largest absolute Gasteiger partial charge is 0.399 e. The van der Waals surface area contributed by atoms with Gasteiger partial charge in [0.15, 0.2) is 0 Å². The van der Waals surface area contributed by atoms with Gasteiger partial charge >= 0.3 is 0 Å². The molecule has 1 aromatic carbocycles. The Hall–Kier alpha value is -2.30. The van der Waals surface area contributed by atoms with E-state index in [1.807, 2.05) is 29.2 Å². The molecule has 5 heteroatoms. The molecule has 3 rings (SSSR count). The van der Waals surface area contributed by atoms with Gasteiger partial charge in [-0.3, -0.25) is 9.89 Å². The van der Waals surface area contributed by atoms with Gasteiger partial charge in [0.25, 0.3) is 5.91 Å². The second kappa shape index (κ2) is 4.76. The summed E-state index contributed by atoms with van der Waals surface area (Å²) in [6.45, 7) is 0.614. The van der Waals surface area contributed by atoms with Crippen LogP contribution in [0.25, 0.3) is 0 Å². The number of carbonyl (C=O) groups is 1. The fraction of sp³-hybridized carbons (Fsp3) is 0.286. The molecule has 1 saturated carbocycles. The van der Waals surface area contributed by atoms with E-state index < -0.39 is 0 Å². The Balaban J connectivity index is 1.78. The minimum absolute atomic E-state index is 0.0109. The maximum absolute atomic E-state index is 12.4. The average molecular weight is 256 g/mol. The number of nitrogen functional groups attached to an aromatic ring is 1. The van der Waals surface area contributed by atoms with Crippen molar-refractivity contribution < 1.29 is 4.79 Å². The van der Waals surface area contributed by atoms with Gasteiger partial charge < -0.3 is 10.6 Å². The van der Waals surface area contributed by atoms with Crippen molar-refractivity contribution in [1.82, 2.24) is 15.1 Å². The quantitative estimate of drug-likeness (QED) is 0.819. The molecule has 1 amide bonds. The standard InChI is InChI=1S/C14H16N4O/c15-11-3-1-10(2-4-11)9-18(12-5-6-12)14(19)13-7-8-16-17-13/h1-4,7-8,12H,5-6,9,15H2,(H,16,17). The number of nitrogens with two attached hydrogens (primary N) is 1. The van der Waals surface area contributed by atoms with E-state index >= 15 is 0 Å². The van der Waals surface area contributed by atoms with Crippen molar-refractivity contribution in [1.29, 1.82) is 0 Å². The van der Waals surface area contributed by atoms with E-state index in [0.29, 0.717) is 18.3 Å². The lowest BCUT2D eigenvalue weighted by molar-refractivity contribution is 0.0724. The van der Waals surface area contributed by atoms with Gasteiger partial charge in [0.1, 0.15) is 5.69 Å². The first-order valence-electron chi connectivity index (χ1n) is 6.39. The first-order chi connectivity index (χ1) is 9.24. The summed E-state index contributed by atoms with van der Waals surface area (Å²) in [6, 6.07) is 9.71. The Kier molecular flexibility index (Phi) is 2.95. The molecule has 0 unspecified atom stereocenters. The highest BCUT2D eigenvalue weighted by molar-refractivity contribution is 5.92. The van der Waals surface area contributed by atoms with Crippen molar-refractivity contribution in [2.45, 2.75) is 25.4 Å². The van der Waals surface area contributed by atoms with E-state index in [1.165, 1.54) is 0 Å². The molecule has 1 aliphatic rings. The number of aromatic nitrogens is 2. The Labute approximate surface area is 111 Å². The van der Waals surface area contributed by atoms with E-state index in [-0.39, 0.29) is 5.91 Å². The molecule has 0 bridgehead atoms. The summed E-state index contributed by atoms with van der Waals surface area (Å²) in [5.41, 5.74) is 8.05. The molecule has 98 valence electrons. The number of anilines is 1. The van der Waals surface area contributed by atoms with Crippen LogP contribution in [-0.2, 0) is 6.54 Å². The van der Waals surface area contributed by atoms with Gasteiger partial charge in [-0.15, -0.1) is 0 Å². The molecule has 1 heterocycles. The van der Waals surface area contributed by atoms with E-state index in [4.69, 9.17) is 5.73 Å². The van der Waals surface area contributed by atoms with Crippen LogP contribution in [0.3, 0.4) is 0 Å². The highest BCUT2D eigenvalue weighted by Gasteiger charge is 2.33. The van der Waals surface area contributed by atoms with Crippen LogP contribution in [0.4, 0.5) is 5.69 Å². The van der Waals surface area contributed by atoms with Crippen LogP contribution in [0.5, 0.6) is 0 Å². The number of amides is 1. The molecule has 5 nitrogen and oxygen atoms in total. The SMILES string of the molecule is Nc1ccc(CN(C(=O)c2ccn[nH]2)C2CC2)cc1. The summed E-state index contributed by atoms with van der Waals surface area (Å²) in [4.78, 5) is 14.3. The Morgan fingerprint density at radius 3 is 2.63 bits per heavy atom. The summed E-state index contributed by atoms with van der Waals surface area (Å²) < 4.78 is 0. The van der Waals surface area contributed by atoms with Crippen molar-refractivity contribution in [2.24, 2.45) is 0 Å². The zero-order valence-corrected chi connectivity index (χ0v) is 10.5. The highest BCUT2D eigenvalue weighted by Crippen LogP contribution is 2.29. The molecule has 0 radical (unpaired) electrons. The van der Waals surface area contributed by atoms with Crippen LogP contribution in [-0.4, -0.2) is 27.0 Å². The number of hydrogen-bond donors (Lipinski definition) is 2. The number of H-pyrrole nitrogens is 1. The third-order valence-corrected chi connectivity index (χ3v) is 3.31. The number of hydrogen-bond acceptors (Lipinski definition) is 3. The summed E-state index contributed by atoms with van der Waals surface area (Å²) in [6.07, 6.45) is 3.76. The molecule has 1 aliphatic carbocycles. The second-order valence-electron chi connectivity index (χ2n) is 4.88. The van der Waals surface area contributed by atoms with E-state index in [9.17, 15) is 4.79 Å².